The molecule has 0 bridgehead atoms. The summed E-state index contributed by atoms with van der Waals surface area (Å²) in [5.41, 5.74) is 1.85. The second-order valence-electron chi connectivity index (χ2n) is 3.73. The number of aliphatic hydroxyl groups excluding tert-OH is 1. The quantitative estimate of drug-likeness (QED) is 0.842. The summed E-state index contributed by atoms with van der Waals surface area (Å²) in [6.07, 6.45) is 1.83. The Morgan fingerprint density at radius 1 is 1.28 bits per heavy atom. The maximum atomic E-state index is 8.86. The van der Waals surface area contributed by atoms with E-state index in [1.165, 1.54) is 11.3 Å². The van der Waals surface area contributed by atoms with E-state index in [1.54, 1.807) is 0 Å². The molecule has 0 aliphatic heterocycles. The topological polar surface area (TPSA) is 62.3 Å². The van der Waals surface area contributed by atoms with E-state index < -0.39 is 0 Å². The molecule has 2 rings (SSSR count). The Balaban J connectivity index is 2.03. The third-order valence-corrected chi connectivity index (χ3v) is 3.13. The molecule has 1 heterocycles. The van der Waals surface area contributed by atoms with Crippen molar-refractivity contribution in [3.05, 3.63) is 35.8 Å². The molecule has 2 N–H and O–H groups in total. The molecule has 0 radical (unpaired) electrons. The second kappa shape index (κ2) is 6.23. The van der Waals surface area contributed by atoms with E-state index in [0.717, 1.165) is 16.5 Å². The van der Waals surface area contributed by atoms with Crippen molar-refractivity contribution < 1.29 is 10.1 Å². The highest BCUT2D eigenvalue weighted by Gasteiger charge is 2.03. The SMILES string of the molecule is CN(CCO)c1ccc(N=Nc2[nH+]ccs2)cc1. The number of likely N-dealkylation sites (N-methyl/N-ethyl adjacent to an activating group) is 1. The van der Waals surface area contributed by atoms with E-state index in [1.807, 2.05) is 47.8 Å². The van der Waals surface area contributed by atoms with Gasteiger partial charge in [0.1, 0.15) is 5.69 Å². The number of nitrogens with one attached hydrogen (secondary N) is 1. The smallest absolute Gasteiger partial charge is 0.395 e. The summed E-state index contributed by atoms with van der Waals surface area (Å²) in [7, 11) is 1.94. The Kier molecular flexibility index (Phi) is 4.38. The number of hydrogen-bond donors (Lipinski definition) is 1. The number of aromatic nitrogens is 1. The van der Waals surface area contributed by atoms with Crippen LogP contribution in [0.2, 0.25) is 0 Å². The predicted molar refractivity (Wildman–Crippen MR) is 71.8 cm³/mol. The van der Waals surface area contributed by atoms with Crippen LogP contribution < -0.4 is 9.88 Å². The Morgan fingerprint density at radius 3 is 2.67 bits per heavy atom. The molecule has 0 fully saturated rings. The first-order chi connectivity index (χ1) is 8.79. The average molecular weight is 263 g/mol. The van der Waals surface area contributed by atoms with Gasteiger partial charge in [0.05, 0.1) is 17.9 Å². The molecule has 18 heavy (non-hydrogen) atoms. The fraction of sp³-hybridized carbons (Fsp3) is 0.250. The van der Waals surface area contributed by atoms with Crippen molar-refractivity contribution in [1.29, 1.82) is 0 Å². The summed E-state index contributed by atoms with van der Waals surface area (Å²) in [5.74, 6) is 0. The Bertz CT molecular complexity index is 495. The molecule has 2 aromatic rings. The maximum Gasteiger partial charge on any atom is 0.406 e. The zero-order valence-corrected chi connectivity index (χ0v) is 10.9. The van der Waals surface area contributed by atoms with Crippen molar-refractivity contribution in [3.63, 3.8) is 0 Å². The standard InChI is InChI=1S/C12H14N4OS/c1-16(7-8-17)11-4-2-10(3-5-11)14-15-12-13-6-9-18-12/h2-6,9,17H,7-8H2,1H3/p+1. The number of aliphatic hydroxyl groups is 1. The first-order valence-corrected chi connectivity index (χ1v) is 6.46. The molecule has 0 amide bonds. The van der Waals surface area contributed by atoms with E-state index in [4.69, 9.17) is 5.11 Å². The zero-order chi connectivity index (χ0) is 12.8. The van der Waals surface area contributed by atoms with Crippen LogP contribution in [0.5, 0.6) is 0 Å². The van der Waals surface area contributed by atoms with Gasteiger partial charge in [0.2, 0.25) is 0 Å². The van der Waals surface area contributed by atoms with E-state index in [9.17, 15) is 0 Å². The second-order valence-corrected chi connectivity index (χ2v) is 4.63. The Labute approximate surface area is 109 Å². The van der Waals surface area contributed by atoms with Crippen molar-refractivity contribution in [1.82, 2.24) is 0 Å². The van der Waals surface area contributed by atoms with Gasteiger partial charge in [-0.2, -0.15) is 0 Å². The van der Waals surface area contributed by atoms with Crippen LogP contribution in [-0.2, 0) is 0 Å². The minimum atomic E-state index is 0.145. The minimum Gasteiger partial charge on any atom is -0.395 e. The summed E-state index contributed by atoms with van der Waals surface area (Å²) in [6, 6.07) is 7.73. The van der Waals surface area contributed by atoms with Gasteiger partial charge in [-0.15, -0.1) is 0 Å². The highest BCUT2D eigenvalue weighted by atomic mass is 32.1. The number of benzene rings is 1. The molecule has 94 valence electrons. The molecule has 0 atom stereocenters. The van der Waals surface area contributed by atoms with Gasteiger partial charge < -0.3 is 10.0 Å². The monoisotopic (exact) mass is 263 g/mol. The summed E-state index contributed by atoms with van der Waals surface area (Å²) >= 11 is 1.50. The van der Waals surface area contributed by atoms with Crippen LogP contribution in [0.1, 0.15) is 0 Å². The highest BCUT2D eigenvalue weighted by Crippen LogP contribution is 2.21. The van der Waals surface area contributed by atoms with Gasteiger partial charge in [0.25, 0.3) is 0 Å². The first kappa shape index (κ1) is 12.7. The van der Waals surface area contributed by atoms with Crippen molar-refractivity contribution in [2.75, 3.05) is 25.1 Å². The number of rotatable bonds is 5. The number of hydrogen-bond acceptors (Lipinski definition) is 5. The lowest BCUT2D eigenvalue weighted by molar-refractivity contribution is -0.356. The fourth-order valence-electron chi connectivity index (χ4n) is 1.45. The normalized spacial score (nSPS) is 11.0. The average Bonchev–Trinajstić information content (AvgIpc) is 2.90. The van der Waals surface area contributed by atoms with Gasteiger partial charge in [0, 0.05) is 24.7 Å². The van der Waals surface area contributed by atoms with Crippen LogP contribution in [-0.4, -0.2) is 25.3 Å². The number of azo groups is 1. The molecule has 0 spiro atoms. The van der Waals surface area contributed by atoms with Crippen molar-refractivity contribution in [2.45, 2.75) is 0 Å². The van der Waals surface area contributed by atoms with E-state index >= 15 is 0 Å². The lowest BCUT2D eigenvalue weighted by Gasteiger charge is -2.17. The minimum absolute atomic E-state index is 0.145. The maximum absolute atomic E-state index is 8.86. The molecule has 0 saturated carbocycles. The van der Waals surface area contributed by atoms with E-state index in [0.29, 0.717) is 6.54 Å². The zero-order valence-electron chi connectivity index (χ0n) is 10.1. The van der Waals surface area contributed by atoms with Gasteiger partial charge in [-0.05, 0) is 40.7 Å². The van der Waals surface area contributed by atoms with Crippen LogP contribution >= 0.6 is 11.3 Å². The number of nitrogens with zero attached hydrogens (tertiary/aromatic N) is 3. The van der Waals surface area contributed by atoms with Crippen molar-refractivity contribution >= 4 is 27.8 Å². The molecule has 0 aliphatic rings. The van der Waals surface area contributed by atoms with E-state index in [2.05, 4.69) is 15.2 Å². The molecule has 0 unspecified atom stereocenters. The lowest BCUT2D eigenvalue weighted by Crippen LogP contribution is -2.20. The Hall–Kier alpha value is -1.79. The molecule has 0 saturated heterocycles. The van der Waals surface area contributed by atoms with Gasteiger partial charge in [-0.1, -0.05) is 0 Å². The molecular weight excluding hydrogens is 248 g/mol. The summed E-state index contributed by atoms with van der Waals surface area (Å²) < 4.78 is 0. The summed E-state index contributed by atoms with van der Waals surface area (Å²) in [5, 5.41) is 19.8. The van der Waals surface area contributed by atoms with Gasteiger partial charge in [-0.25, -0.2) is 4.98 Å². The Morgan fingerprint density at radius 2 is 2.06 bits per heavy atom. The summed E-state index contributed by atoms with van der Waals surface area (Å²) in [4.78, 5) is 4.96. The molecule has 0 aliphatic carbocycles. The van der Waals surface area contributed by atoms with Crippen LogP contribution in [0.4, 0.5) is 16.5 Å². The third-order valence-electron chi connectivity index (χ3n) is 2.44. The van der Waals surface area contributed by atoms with Crippen LogP contribution in [0, 0.1) is 0 Å². The molecule has 6 heteroatoms. The van der Waals surface area contributed by atoms with Gasteiger partial charge >= 0.3 is 5.13 Å². The number of anilines is 1. The molecule has 5 nitrogen and oxygen atoms in total. The van der Waals surface area contributed by atoms with E-state index in [-0.39, 0.29) is 6.61 Å². The number of H-pyrrole nitrogens is 1. The number of aromatic amines is 1. The largest absolute Gasteiger partial charge is 0.406 e. The lowest BCUT2D eigenvalue weighted by atomic mass is 10.2. The number of thiazole rings is 1. The predicted octanol–water partition coefficient (Wildman–Crippen LogP) is 2.41. The van der Waals surface area contributed by atoms with Crippen LogP contribution in [0.3, 0.4) is 0 Å². The fourth-order valence-corrected chi connectivity index (χ4v) is 1.94. The summed E-state index contributed by atoms with van der Waals surface area (Å²) in [6.45, 7) is 0.761. The molecule has 1 aromatic carbocycles. The van der Waals surface area contributed by atoms with Crippen LogP contribution in [0.25, 0.3) is 0 Å². The third kappa shape index (κ3) is 3.35. The van der Waals surface area contributed by atoms with Gasteiger partial charge in [-0.3, -0.25) is 0 Å². The highest BCUT2D eigenvalue weighted by molar-refractivity contribution is 7.12. The van der Waals surface area contributed by atoms with Gasteiger partial charge in [0.15, 0.2) is 0 Å². The van der Waals surface area contributed by atoms with Crippen LogP contribution in [0.15, 0.2) is 46.1 Å². The first-order valence-electron chi connectivity index (χ1n) is 5.58. The molecule has 1 aromatic heterocycles. The van der Waals surface area contributed by atoms with Crippen molar-refractivity contribution in [2.24, 2.45) is 10.2 Å². The molecular formula is C12H15N4OS+. The van der Waals surface area contributed by atoms with Crippen molar-refractivity contribution in [3.8, 4) is 0 Å².